The normalized spacial score (nSPS) is 15.9. The number of pyridine rings is 1. The molecule has 0 bridgehead atoms. The molecule has 4 heteroatoms. The molecule has 0 atom stereocenters. The van der Waals surface area contributed by atoms with Gasteiger partial charge in [-0.15, -0.1) is 0 Å². The number of nitrogens with one attached hydrogen (secondary N) is 1. The molecule has 20 heavy (non-hydrogen) atoms. The summed E-state index contributed by atoms with van der Waals surface area (Å²) in [5.41, 5.74) is 2.01. The van der Waals surface area contributed by atoms with Crippen molar-refractivity contribution in [3.05, 3.63) is 47.7 Å². The SMILES string of the molecule is [C-]#[N+]/C=C\Cc1c[nH]c2ncc(OC3CCCC3)cc12. The lowest BCUT2D eigenvalue weighted by Crippen LogP contribution is -2.10. The summed E-state index contributed by atoms with van der Waals surface area (Å²) < 4.78 is 5.99. The lowest BCUT2D eigenvalue weighted by atomic mass is 10.1. The summed E-state index contributed by atoms with van der Waals surface area (Å²) in [6.07, 6.45) is 13.0. The maximum absolute atomic E-state index is 6.75. The Morgan fingerprint density at radius 3 is 3.10 bits per heavy atom. The van der Waals surface area contributed by atoms with E-state index in [1.54, 1.807) is 6.20 Å². The van der Waals surface area contributed by atoms with Crippen LogP contribution in [0.3, 0.4) is 0 Å². The van der Waals surface area contributed by atoms with Crippen molar-refractivity contribution >= 4 is 11.0 Å². The van der Waals surface area contributed by atoms with Crippen molar-refractivity contribution in [3.8, 4) is 5.75 Å². The fourth-order valence-corrected chi connectivity index (χ4v) is 2.70. The van der Waals surface area contributed by atoms with Crippen molar-refractivity contribution in [2.75, 3.05) is 0 Å². The second kappa shape index (κ2) is 5.79. The number of nitrogens with zero attached hydrogens (tertiary/aromatic N) is 2. The molecule has 2 aromatic heterocycles. The first-order valence-electron chi connectivity index (χ1n) is 7.01. The standard InChI is InChI=1S/C16H17N3O/c1-17-8-4-5-12-10-18-16-15(12)9-14(11-19-16)20-13-6-2-3-7-13/h4,8-11,13H,2-3,5-7H2,(H,18,19)/b8-4-. The summed E-state index contributed by atoms with van der Waals surface area (Å²) >= 11 is 0. The predicted octanol–water partition coefficient (Wildman–Crippen LogP) is 3.86. The smallest absolute Gasteiger partial charge is 0.150 e. The Morgan fingerprint density at radius 2 is 2.30 bits per heavy atom. The van der Waals surface area contributed by atoms with Crippen LogP contribution in [0.1, 0.15) is 31.2 Å². The fourth-order valence-electron chi connectivity index (χ4n) is 2.70. The van der Waals surface area contributed by atoms with E-state index in [0.717, 1.165) is 41.6 Å². The highest BCUT2D eigenvalue weighted by atomic mass is 16.5. The highest BCUT2D eigenvalue weighted by molar-refractivity contribution is 5.81. The maximum Gasteiger partial charge on any atom is 0.150 e. The molecule has 2 heterocycles. The molecular formula is C16H17N3O. The van der Waals surface area contributed by atoms with Crippen LogP contribution in [0.15, 0.2) is 30.7 Å². The summed E-state index contributed by atoms with van der Waals surface area (Å²) in [5.74, 6) is 0.847. The number of ether oxygens (including phenoxy) is 1. The number of hydrogen-bond donors (Lipinski definition) is 1. The third-order valence-corrected chi connectivity index (χ3v) is 3.71. The Kier molecular flexibility index (Phi) is 3.69. The molecular weight excluding hydrogens is 250 g/mol. The number of allylic oxidation sites excluding steroid dienone is 1. The van der Waals surface area contributed by atoms with E-state index in [9.17, 15) is 0 Å². The third kappa shape index (κ3) is 2.67. The minimum atomic E-state index is 0.346. The second-order valence-electron chi connectivity index (χ2n) is 5.12. The lowest BCUT2D eigenvalue weighted by Gasteiger charge is -2.12. The Morgan fingerprint density at radius 1 is 1.45 bits per heavy atom. The molecule has 4 nitrogen and oxygen atoms in total. The van der Waals surface area contributed by atoms with E-state index in [4.69, 9.17) is 11.3 Å². The molecule has 1 N–H and O–H groups in total. The number of rotatable bonds is 4. The predicted molar refractivity (Wildman–Crippen MR) is 78.4 cm³/mol. The van der Waals surface area contributed by atoms with Crippen LogP contribution in [-0.2, 0) is 6.42 Å². The summed E-state index contributed by atoms with van der Waals surface area (Å²) in [4.78, 5) is 10.8. The van der Waals surface area contributed by atoms with Gasteiger partial charge in [-0.1, -0.05) is 6.08 Å². The minimum absolute atomic E-state index is 0.346. The van der Waals surface area contributed by atoms with Gasteiger partial charge in [0.1, 0.15) is 11.4 Å². The number of fused-ring (bicyclic) bond motifs is 1. The van der Waals surface area contributed by atoms with Crippen LogP contribution in [0.5, 0.6) is 5.75 Å². The molecule has 1 fully saturated rings. The minimum Gasteiger partial charge on any atom is -0.489 e. The van der Waals surface area contributed by atoms with Crippen LogP contribution in [0, 0.1) is 6.57 Å². The molecule has 1 aliphatic carbocycles. The topological polar surface area (TPSA) is 42.3 Å². The molecule has 1 saturated carbocycles. The molecule has 0 unspecified atom stereocenters. The van der Waals surface area contributed by atoms with E-state index in [0.29, 0.717) is 6.10 Å². The van der Waals surface area contributed by atoms with Gasteiger partial charge in [-0.2, -0.15) is 0 Å². The molecule has 0 amide bonds. The fraction of sp³-hybridized carbons (Fsp3) is 0.375. The van der Waals surface area contributed by atoms with Crippen LogP contribution in [0.4, 0.5) is 0 Å². The van der Waals surface area contributed by atoms with E-state index < -0.39 is 0 Å². The van der Waals surface area contributed by atoms with Gasteiger partial charge in [0, 0.05) is 11.6 Å². The number of H-pyrrole nitrogens is 1. The highest BCUT2D eigenvalue weighted by Gasteiger charge is 2.17. The molecule has 0 aromatic carbocycles. The number of aromatic amines is 1. The molecule has 0 spiro atoms. The first-order valence-corrected chi connectivity index (χ1v) is 7.01. The van der Waals surface area contributed by atoms with Crippen molar-refractivity contribution < 1.29 is 4.74 Å². The second-order valence-corrected chi connectivity index (χ2v) is 5.12. The van der Waals surface area contributed by atoms with Gasteiger partial charge >= 0.3 is 0 Å². The molecule has 0 radical (unpaired) electrons. The summed E-state index contributed by atoms with van der Waals surface area (Å²) in [6, 6.07) is 2.05. The van der Waals surface area contributed by atoms with Gasteiger partial charge in [-0.25, -0.2) is 9.83 Å². The van der Waals surface area contributed by atoms with Crippen LogP contribution >= 0.6 is 0 Å². The average Bonchev–Trinajstić information content (AvgIpc) is 3.09. The Bertz CT molecular complexity index is 660. The van der Waals surface area contributed by atoms with Gasteiger partial charge in [0.15, 0.2) is 6.20 Å². The van der Waals surface area contributed by atoms with Gasteiger partial charge in [-0.05, 0) is 43.7 Å². The summed E-state index contributed by atoms with van der Waals surface area (Å²) in [5, 5.41) is 1.08. The van der Waals surface area contributed by atoms with E-state index in [-0.39, 0.29) is 0 Å². The highest BCUT2D eigenvalue weighted by Crippen LogP contribution is 2.27. The van der Waals surface area contributed by atoms with E-state index >= 15 is 0 Å². The lowest BCUT2D eigenvalue weighted by molar-refractivity contribution is 0.209. The van der Waals surface area contributed by atoms with Crippen LogP contribution in [0.2, 0.25) is 0 Å². The van der Waals surface area contributed by atoms with Crippen molar-refractivity contribution in [3.63, 3.8) is 0 Å². The largest absolute Gasteiger partial charge is 0.489 e. The van der Waals surface area contributed by atoms with Crippen LogP contribution in [-0.4, -0.2) is 16.1 Å². The van der Waals surface area contributed by atoms with Gasteiger partial charge < -0.3 is 9.72 Å². The van der Waals surface area contributed by atoms with Crippen LogP contribution in [0.25, 0.3) is 15.9 Å². The maximum atomic E-state index is 6.75. The van der Waals surface area contributed by atoms with Crippen molar-refractivity contribution in [1.29, 1.82) is 0 Å². The molecule has 3 rings (SSSR count). The Balaban J connectivity index is 1.82. The van der Waals surface area contributed by atoms with E-state index in [1.807, 2.05) is 12.3 Å². The zero-order valence-corrected chi connectivity index (χ0v) is 11.3. The number of hydrogen-bond acceptors (Lipinski definition) is 2. The van der Waals surface area contributed by atoms with Gasteiger partial charge in [-0.3, -0.25) is 0 Å². The Hall–Kier alpha value is -2.28. The van der Waals surface area contributed by atoms with Crippen molar-refractivity contribution in [2.24, 2.45) is 0 Å². The molecule has 0 aliphatic heterocycles. The molecule has 1 aliphatic rings. The van der Waals surface area contributed by atoms with Crippen molar-refractivity contribution in [1.82, 2.24) is 9.97 Å². The zero-order valence-electron chi connectivity index (χ0n) is 11.3. The first kappa shape index (κ1) is 12.7. The number of aromatic nitrogens is 2. The van der Waals surface area contributed by atoms with Gasteiger partial charge in [0.05, 0.1) is 18.9 Å². The van der Waals surface area contributed by atoms with Gasteiger partial charge in [0.2, 0.25) is 0 Å². The van der Waals surface area contributed by atoms with E-state index in [1.165, 1.54) is 19.0 Å². The first-order chi connectivity index (χ1) is 9.86. The molecule has 102 valence electrons. The quantitative estimate of drug-likeness (QED) is 0.855. The molecule has 0 saturated heterocycles. The van der Waals surface area contributed by atoms with E-state index in [2.05, 4.69) is 20.9 Å². The average molecular weight is 267 g/mol. The summed E-state index contributed by atoms with van der Waals surface area (Å²) in [7, 11) is 0. The van der Waals surface area contributed by atoms with Gasteiger partial charge in [0.25, 0.3) is 0 Å². The third-order valence-electron chi connectivity index (χ3n) is 3.71. The Labute approximate surface area is 118 Å². The van der Waals surface area contributed by atoms with Crippen LogP contribution < -0.4 is 4.74 Å². The zero-order chi connectivity index (χ0) is 13.8. The molecule has 2 aromatic rings. The summed E-state index contributed by atoms with van der Waals surface area (Å²) in [6.45, 7) is 6.75. The van der Waals surface area contributed by atoms with Crippen molar-refractivity contribution in [2.45, 2.75) is 38.2 Å². The monoisotopic (exact) mass is 267 g/mol.